The number of hydrogen-bond donors (Lipinski definition) is 3. The van der Waals surface area contributed by atoms with Crippen LogP contribution in [0.4, 0.5) is 13.2 Å². The molecule has 22 heavy (non-hydrogen) atoms. The molecule has 2 amide bonds. The molecule has 0 spiro atoms. The lowest BCUT2D eigenvalue weighted by Gasteiger charge is -1.98. The molecule has 10 nitrogen and oxygen atoms in total. The highest BCUT2D eigenvalue weighted by Crippen LogP contribution is 2.20. The second kappa shape index (κ2) is 8.37. The number of carbonyl (C=O) groups is 2. The first-order valence-corrected chi connectivity index (χ1v) is 8.11. The summed E-state index contributed by atoms with van der Waals surface area (Å²) in [5, 5.41) is 8.57. The Kier molecular flexibility index (Phi) is 8.74. The first kappa shape index (κ1) is 23.0. The van der Waals surface area contributed by atoms with E-state index >= 15 is 0 Å². The number of nitrogens with zero attached hydrogens (tertiary/aromatic N) is 1. The smallest absolute Gasteiger partial charge is 0.286 e. The molecule has 1 saturated heterocycles. The summed E-state index contributed by atoms with van der Waals surface area (Å²) in [6.45, 7) is 1.37. The van der Waals surface area contributed by atoms with Gasteiger partial charge in [0.2, 0.25) is 0 Å². The fraction of sp³-hybridized carbons (Fsp3) is 0.714. The van der Waals surface area contributed by atoms with Crippen molar-refractivity contribution in [2.24, 2.45) is 0 Å². The van der Waals surface area contributed by atoms with Gasteiger partial charge in [0.25, 0.3) is 21.9 Å². The number of halogens is 3. The molecule has 1 aliphatic heterocycles. The van der Waals surface area contributed by atoms with Gasteiger partial charge in [0, 0.05) is 12.8 Å². The molecule has 132 valence electrons. The molecule has 0 atom stereocenters. The topological polar surface area (TPSA) is 166 Å². The maximum Gasteiger partial charge on any atom is 0.522 e. The molecule has 0 aromatic carbocycles. The molecule has 1 aliphatic rings. The second-order valence-electron chi connectivity index (χ2n) is 3.39. The highest BCUT2D eigenvalue weighted by atomic mass is 32.2. The van der Waals surface area contributed by atoms with Crippen LogP contribution in [0.15, 0.2) is 0 Å². The largest absolute Gasteiger partial charge is 0.522 e. The average Bonchev–Trinajstić information content (AvgIpc) is 2.59. The van der Waals surface area contributed by atoms with Crippen molar-refractivity contribution >= 4 is 32.1 Å². The Hall–Kier alpha value is -1.29. The second-order valence-corrected chi connectivity index (χ2v) is 6.54. The van der Waals surface area contributed by atoms with Gasteiger partial charge in [-0.3, -0.25) is 23.9 Å². The molecule has 0 unspecified atom stereocenters. The third-order valence-corrected chi connectivity index (χ3v) is 3.00. The normalized spacial score (nSPS) is 15.7. The maximum atomic E-state index is 10.7. The van der Waals surface area contributed by atoms with E-state index in [1.165, 1.54) is 6.92 Å². The van der Waals surface area contributed by atoms with Gasteiger partial charge in [0.15, 0.2) is 0 Å². The number of amides is 2. The predicted octanol–water partition coefficient (Wildman–Crippen LogP) is -0.187. The van der Waals surface area contributed by atoms with Gasteiger partial charge < -0.3 is 0 Å². The van der Waals surface area contributed by atoms with Crippen molar-refractivity contribution in [3.8, 4) is 0 Å². The van der Waals surface area contributed by atoms with Crippen LogP contribution in [-0.2, 0) is 29.8 Å². The van der Waals surface area contributed by atoms with Crippen molar-refractivity contribution < 1.29 is 53.9 Å². The van der Waals surface area contributed by atoms with Crippen LogP contribution in [0, 0.1) is 0 Å². The Morgan fingerprint density at radius 3 is 1.32 bits per heavy atom. The van der Waals surface area contributed by atoms with Crippen LogP contribution in [-0.4, -0.2) is 59.3 Å². The van der Waals surface area contributed by atoms with E-state index in [9.17, 15) is 31.2 Å². The third kappa shape index (κ3) is 10.4. The van der Waals surface area contributed by atoms with Crippen molar-refractivity contribution in [3.05, 3.63) is 0 Å². The van der Waals surface area contributed by atoms with E-state index in [-0.39, 0.29) is 23.7 Å². The average molecular weight is 375 g/mol. The molecular formula is C7H12F3NO9S2. The summed E-state index contributed by atoms with van der Waals surface area (Å²) >= 11 is 0. The minimum absolute atomic E-state index is 0.148. The molecule has 0 bridgehead atoms. The third-order valence-electron chi connectivity index (χ3n) is 1.68. The first-order valence-electron chi connectivity index (χ1n) is 5.06. The van der Waals surface area contributed by atoms with E-state index in [1.807, 2.05) is 0 Å². The summed E-state index contributed by atoms with van der Waals surface area (Å²) in [6.07, 6.45) is 0.296. The lowest BCUT2D eigenvalue weighted by Crippen LogP contribution is -2.24. The number of alkyl halides is 3. The zero-order valence-corrected chi connectivity index (χ0v) is 12.4. The van der Waals surface area contributed by atoms with Crippen molar-refractivity contribution in [1.29, 1.82) is 0 Å². The van der Waals surface area contributed by atoms with Gasteiger partial charge in [-0.15, -0.1) is 0 Å². The zero-order valence-electron chi connectivity index (χ0n) is 10.8. The molecule has 1 fully saturated rings. The summed E-state index contributed by atoms with van der Waals surface area (Å²) in [6, 6.07) is 0. The SMILES string of the molecule is CCS(=O)(=O)O.O=C1CCC(=O)N1O.O=S(=O)(O)C(F)(F)F. The molecule has 0 aliphatic carbocycles. The quantitative estimate of drug-likeness (QED) is 0.244. The number of rotatable bonds is 1. The molecule has 3 N–H and O–H groups in total. The van der Waals surface area contributed by atoms with Gasteiger partial charge in [-0.2, -0.15) is 35.1 Å². The standard InChI is InChI=1S/C4H5NO3.C2H6O3S.CHF3O3S/c6-3-1-2-4(7)5(3)8;1-2-6(3,4)5;2-1(3,4)8(5,6)7/h8H,1-2H2;2H2,1H3,(H,3,4,5);(H,5,6,7). The molecule has 0 aromatic heterocycles. The molecule has 0 saturated carbocycles. The zero-order chi connectivity index (χ0) is 18.4. The van der Waals surface area contributed by atoms with Crippen LogP contribution < -0.4 is 0 Å². The van der Waals surface area contributed by atoms with Crippen LogP contribution in [0.3, 0.4) is 0 Å². The minimum atomic E-state index is -5.84. The number of imide groups is 1. The Labute approximate surface area is 123 Å². The predicted molar refractivity (Wildman–Crippen MR) is 62.6 cm³/mol. The monoisotopic (exact) mass is 375 g/mol. The van der Waals surface area contributed by atoms with E-state index in [4.69, 9.17) is 22.7 Å². The fourth-order valence-corrected chi connectivity index (χ4v) is 0.565. The minimum Gasteiger partial charge on any atom is -0.286 e. The Morgan fingerprint density at radius 2 is 1.27 bits per heavy atom. The van der Waals surface area contributed by atoms with E-state index in [0.29, 0.717) is 0 Å². The summed E-state index contributed by atoms with van der Waals surface area (Å²) in [5.41, 5.74) is -5.53. The summed E-state index contributed by atoms with van der Waals surface area (Å²) in [7, 11) is -9.50. The molecule has 1 rings (SSSR count). The Bertz CT molecular complexity index is 579. The van der Waals surface area contributed by atoms with Crippen LogP contribution in [0.2, 0.25) is 0 Å². The van der Waals surface area contributed by atoms with Crippen molar-refractivity contribution in [2.45, 2.75) is 25.3 Å². The lowest BCUT2D eigenvalue weighted by molar-refractivity contribution is -0.171. The van der Waals surface area contributed by atoms with Crippen LogP contribution in [0.5, 0.6) is 0 Å². The van der Waals surface area contributed by atoms with Gasteiger partial charge >= 0.3 is 15.6 Å². The molecular weight excluding hydrogens is 363 g/mol. The highest BCUT2D eigenvalue weighted by molar-refractivity contribution is 7.86. The highest BCUT2D eigenvalue weighted by Gasteiger charge is 2.44. The number of carbonyl (C=O) groups excluding carboxylic acids is 2. The van der Waals surface area contributed by atoms with Gasteiger partial charge in [0.1, 0.15) is 0 Å². The Morgan fingerprint density at radius 1 is 1.05 bits per heavy atom. The summed E-state index contributed by atoms with van der Waals surface area (Å²) in [5.74, 6) is -1.21. The van der Waals surface area contributed by atoms with Gasteiger partial charge in [0.05, 0.1) is 5.75 Å². The van der Waals surface area contributed by atoms with Crippen LogP contribution >= 0.6 is 0 Å². The van der Waals surface area contributed by atoms with Gasteiger partial charge in [-0.05, 0) is 6.92 Å². The van der Waals surface area contributed by atoms with Crippen LogP contribution in [0.1, 0.15) is 19.8 Å². The molecule has 15 heteroatoms. The van der Waals surface area contributed by atoms with Gasteiger partial charge in [-0.25, -0.2) is 0 Å². The number of hydrogen-bond acceptors (Lipinski definition) is 7. The van der Waals surface area contributed by atoms with Crippen molar-refractivity contribution in [2.75, 3.05) is 5.75 Å². The summed E-state index contributed by atoms with van der Waals surface area (Å²) in [4.78, 5) is 20.5. The fourth-order valence-electron chi connectivity index (χ4n) is 0.565. The molecule has 0 radical (unpaired) electrons. The molecule has 0 aromatic rings. The molecule has 1 heterocycles. The maximum absolute atomic E-state index is 10.7. The van der Waals surface area contributed by atoms with E-state index in [2.05, 4.69) is 0 Å². The van der Waals surface area contributed by atoms with E-state index < -0.39 is 37.6 Å². The summed E-state index contributed by atoms with van der Waals surface area (Å²) < 4.78 is 84.5. The lowest BCUT2D eigenvalue weighted by atomic mass is 10.4. The van der Waals surface area contributed by atoms with Crippen molar-refractivity contribution in [1.82, 2.24) is 5.06 Å². The van der Waals surface area contributed by atoms with E-state index in [1.54, 1.807) is 0 Å². The van der Waals surface area contributed by atoms with Gasteiger partial charge in [-0.1, -0.05) is 0 Å². The number of hydroxylamine groups is 2. The van der Waals surface area contributed by atoms with Crippen molar-refractivity contribution in [3.63, 3.8) is 0 Å². The van der Waals surface area contributed by atoms with Crippen LogP contribution in [0.25, 0.3) is 0 Å². The first-order chi connectivity index (χ1) is 9.53. The van der Waals surface area contributed by atoms with E-state index in [0.717, 1.165) is 0 Å². The Balaban J connectivity index is 0.